The molecule has 1 atom stereocenters. The molecular formula is C11H14O2S. The van der Waals surface area contributed by atoms with E-state index in [9.17, 15) is 4.79 Å². The first-order valence-corrected chi connectivity index (χ1v) is 5.05. The van der Waals surface area contributed by atoms with Crippen molar-refractivity contribution in [3.05, 3.63) is 23.8 Å². The summed E-state index contributed by atoms with van der Waals surface area (Å²) in [7, 11) is 0. The summed E-state index contributed by atoms with van der Waals surface area (Å²) in [6, 6.07) is 5.59. The van der Waals surface area contributed by atoms with Gasteiger partial charge in [0.2, 0.25) is 0 Å². The van der Waals surface area contributed by atoms with Gasteiger partial charge in [0.05, 0.1) is 6.61 Å². The topological polar surface area (TPSA) is 26.3 Å². The number of thiol groups is 1. The van der Waals surface area contributed by atoms with Crippen LogP contribution in [0.4, 0.5) is 0 Å². The van der Waals surface area contributed by atoms with E-state index in [0.717, 1.165) is 22.5 Å². The molecule has 0 radical (unpaired) electrons. The average Bonchev–Trinajstić information content (AvgIpc) is 2.18. The molecule has 76 valence electrons. The predicted molar refractivity (Wildman–Crippen MR) is 59.3 cm³/mol. The molecular weight excluding hydrogens is 196 g/mol. The van der Waals surface area contributed by atoms with Crippen LogP contribution in [-0.2, 0) is 4.79 Å². The van der Waals surface area contributed by atoms with Crippen molar-refractivity contribution < 1.29 is 9.53 Å². The van der Waals surface area contributed by atoms with Crippen LogP contribution in [0.3, 0.4) is 0 Å². The lowest BCUT2D eigenvalue weighted by molar-refractivity contribution is -0.108. The number of benzene rings is 1. The van der Waals surface area contributed by atoms with E-state index in [1.54, 1.807) is 0 Å². The van der Waals surface area contributed by atoms with E-state index in [0.29, 0.717) is 6.61 Å². The first kappa shape index (κ1) is 11.1. The summed E-state index contributed by atoms with van der Waals surface area (Å²) in [5, 5.41) is 0. The number of hydrogen-bond acceptors (Lipinski definition) is 3. The zero-order valence-electron chi connectivity index (χ0n) is 8.36. The maximum atomic E-state index is 10.7. The molecule has 1 rings (SSSR count). The lowest BCUT2D eigenvalue weighted by Gasteiger charge is -2.14. The second kappa shape index (κ2) is 5.05. The zero-order valence-corrected chi connectivity index (χ0v) is 9.25. The molecule has 1 aromatic rings. The van der Waals surface area contributed by atoms with Crippen LogP contribution in [0, 0.1) is 0 Å². The van der Waals surface area contributed by atoms with E-state index in [1.165, 1.54) is 0 Å². The van der Waals surface area contributed by atoms with E-state index in [2.05, 4.69) is 12.6 Å². The zero-order chi connectivity index (χ0) is 10.6. The highest BCUT2D eigenvalue weighted by atomic mass is 32.1. The summed E-state index contributed by atoms with van der Waals surface area (Å²) in [4.78, 5) is 11.5. The molecule has 0 heterocycles. The number of carbonyl (C=O) groups is 1. The highest BCUT2D eigenvalue weighted by Crippen LogP contribution is 2.31. The molecule has 1 unspecified atom stereocenters. The largest absolute Gasteiger partial charge is 0.494 e. The Bertz CT molecular complexity index is 323. The number of carbonyl (C=O) groups excluding carboxylic acids is 1. The van der Waals surface area contributed by atoms with Gasteiger partial charge in [-0.2, -0.15) is 0 Å². The van der Waals surface area contributed by atoms with Crippen molar-refractivity contribution in [3.8, 4) is 5.75 Å². The lowest BCUT2D eigenvalue weighted by Crippen LogP contribution is -2.02. The molecule has 0 bridgehead atoms. The van der Waals surface area contributed by atoms with Gasteiger partial charge in [0.1, 0.15) is 12.0 Å². The Morgan fingerprint density at radius 2 is 2.29 bits per heavy atom. The van der Waals surface area contributed by atoms with Crippen molar-refractivity contribution in [1.29, 1.82) is 0 Å². The monoisotopic (exact) mass is 210 g/mol. The minimum absolute atomic E-state index is 0.176. The van der Waals surface area contributed by atoms with Crippen LogP contribution in [-0.4, -0.2) is 12.9 Å². The molecule has 0 aliphatic heterocycles. The molecule has 0 aliphatic rings. The highest BCUT2D eigenvalue weighted by molar-refractivity contribution is 7.80. The minimum atomic E-state index is -0.176. The van der Waals surface area contributed by atoms with Crippen molar-refractivity contribution >= 4 is 18.9 Å². The Hall–Kier alpha value is -0.960. The molecule has 0 amide bonds. The van der Waals surface area contributed by atoms with Crippen LogP contribution in [0.1, 0.15) is 25.3 Å². The molecule has 0 spiro atoms. The molecule has 0 aliphatic carbocycles. The van der Waals surface area contributed by atoms with Crippen LogP contribution >= 0.6 is 12.6 Å². The number of hydrogen-bond donors (Lipinski definition) is 1. The molecule has 0 aromatic heterocycles. The molecule has 0 saturated carbocycles. The summed E-state index contributed by atoms with van der Waals surface area (Å²) in [6.45, 7) is 4.35. The highest BCUT2D eigenvalue weighted by Gasteiger charge is 2.13. The summed E-state index contributed by atoms with van der Waals surface area (Å²) >= 11 is 4.31. The fourth-order valence-corrected chi connectivity index (χ4v) is 1.74. The van der Waals surface area contributed by atoms with Crippen molar-refractivity contribution in [2.24, 2.45) is 0 Å². The molecule has 2 nitrogen and oxygen atoms in total. The second-order valence-corrected chi connectivity index (χ2v) is 3.53. The quantitative estimate of drug-likeness (QED) is 0.611. The van der Waals surface area contributed by atoms with Crippen LogP contribution in [0.5, 0.6) is 5.75 Å². The summed E-state index contributed by atoms with van der Waals surface area (Å²) in [5.41, 5.74) is 0.868. The van der Waals surface area contributed by atoms with Crippen molar-refractivity contribution in [1.82, 2.24) is 0 Å². The van der Waals surface area contributed by atoms with Crippen molar-refractivity contribution in [3.63, 3.8) is 0 Å². The smallest absolute Gasteiger partial charge is 0.127 e. The van der Waals surface area contributed by atoms with Gasteiger partial charge in [-0.25, -0.2) is 0 Å². The summed E-state index contributed by atoms with van der Waals surface area (Å²) < 4.78 is 5.43. The number of ether oxygens (including phenoxy) is 1. The Labute approximate surface area is 89.7 Å². The summed E-state index contributed by atoms with van der Waals surface area (Å²) in [5.74, 6) is 0.574. The first-order chi connectivity index (χ1) is 6.70. The Balaban J connectivity index is 3.14. The molecule has 3 heteroatoms. The van der Waals surface area contributed by atoms with Gasteiger partial charge >= 0.3 is 0 Å². The molecule has 0 N–H and O–H groups in total. The fourth-order valence-electron chi connectivity index (χ4n) is 1.34. The van der Waals surface area contributed by atoms with Gasteiger partial charge in [0.25, 0.3) is 0 Å². The number of rotatable bonds is 4. The fraction of sp³-hybridized carbons (Fsp3) is 0.364. The normalized spacial score (nSPS) is 12.2. The first-order valence-electron chi connectivity index (χ1n) is 4.60. The number of aldehydes is 1. The van der Waals surface area contributed by atoms with Crippen LogP contribution in [0.15, 0.2) is 23.1 Å². The van der Waals surface area contributed by atoms with Gasteiger partial charge in [-0.1, -0.05) is 13.0 Å². The molecule has 0 saturated heterocycles. The van der Waals surface area contributed by atoms with E-state index < -0.39 is 0 Å². The third-order valence-electron chi connectivity index (χ3n) is 2.00. The Kier molecular flexibility index (Phi) is 4.01. The molecule has 0 fully saturated rings. The lowest BCUT2D eigenvalue weighted by atomic mass is 10.0. The SMILES string of the molecule is CCOc1cccc(S)c1C(C)C=O. The van der Waals surface area contributed by atoms with Crippen LogP contribution in [0.2, 0.25) is 0 Å². The van der Waals surface area contributed by atoms with Crippen LogP contribution < -0.4 is 4.74 Å². The van der Waals surface area contributed by atoms with Crippen molar-refractivity contribution in [2.75, 3.05) is 6.61 Å². The Morgan fingerprint density at radius 1 is 1.57 bits per heavy atom. The third kappa shape index (κ3) is 2.29. The Morgan fingerprint density at radius 3 is 2.86 bits per heavy atom. The minimum Gasteiger partial charge on any atom is -0.494 e. The molecule has 14 heavy (non-hydrogen) atoms. The van der Waals surface area contributed by atoms with E-state index in [-0.39, 0.29) is 5.92 Å². The van der Waals surface area contributed by atoms with E-state index in [4.69, 9.17) is 4.74 Å². The van der Waals surface area contributed by atoms with Gasteiger partial charge in [0.15, 0.2) is 0 Å². The van der Waals surface area contributed by atoms with Gasteiger partial charge < -0.3 is 9.53 Å². The van der Waals surface area contributed by atoms with E-state index in [1.807, 2.05) is 32.0 Å². The second-order valence-electron chi connectivity index (χ2n) is 3.05. The van der Waals surface area contributed by atoms with Gasteiger partial charge in [-0.05, 0) is 19.1 Å². The third-order valence-corrected chi connectivity index (χ3v) is 2.39. The van der Waals surface area contributed by atoms with Gasteiger partial charge in [0, 0.05) is 16.4 Å². The standard InChI is InChI=1S/C11H14O2S/c1-3-13-9-5-4-6-10(14)11(9)8(2)7-12/h4-8,14H,3H2,1-2H3. The summed E-state index contributed by atoms with van der Waals surface area (Å²) in [6.07, 6.45) is 0.900. The van der Waals surface area contributed by atoms with Gasteiger partial charge in [-0.15, -0.1) is 12.6 Å². The van der Waals surface area contributed by atoms with Crippen LogP contribution in [0.25, 0.3) is 0 Å². The predicted octanol–water partition coefficient (Wildman–Crippen LogP) is 2.68. The van der Waals surface area contributed by atoms with E-state index >= 15 is 0 Å². The maximum absolute atomic E-state index is 10.7. The average molecular weight is 210 g/mol. The maximum Gasteiger partial charge on any atom is 0.127 e. The van der Waals surface area contributed by atoms with Crippen molar-refractivity contribution in [2.45, 2.75) is 24.7 Å². The molecule has 1 aromatic carbocycles. The van der Waals surface area contributed by atoms with Gasteiger partial charge in [-0.3, -0.25) is 0 Å².